The second-order valence-corrected chi connectivity index (χ2v) is 3.01. The molecular weight excluding hydrogens is 142 g/mol. The molecule has 1 unspecified atom stereocenters. The number of hydrogen-bond donors (Lipinski definition) is 1. The van der Waals surface area contributed by atoms with Crippen molar-refractivity contribution in [2.24, 2.45) is 11.1 Å². The molecule has 0 aliphatic heterocycles. The minimum atomic E-state index is -0.483. The molecular formula is C8H17NO2. The molecule has 2 N–H and O–H groups in total. The lowest BCUT2D eigenvalue weighted by Gasteiger charge is -2.23. The fraction of sp³-hybridized carbons (Fsp3) is 0.875. The monoisotopic (exact) mass is 159 g/mol. The zero-order valence-electron chi connectivity index (χ0n) is 7.52. The van der Waals surface area contributed by atoms with Crippen molar-refractivity contribution in [2.75, 3.05) is 13.7 Å². The van der Waals surface area contributed by atoms with Crippen LogP contribution < -0.4 is 5.73 Å². The van der Waals surface area contributed by atoms with Crippen LogP contribution in [0.1, 0.15) is 26.7 Å². The Kier molecular flexibility index (Phi) is 4.11. The van der Waals surface area contributed by atoms with Crippen LogP contribution in [0, 0.1) is 5.41 Å². The maximum Gasteiger partial charge on any atom is 0.312 e. The first-order chi connectivity index (χ1) is 5.10. The van der Waals surface area contributed by atoms with Gasteiger partial charge in [-0.1, -0.05) is 13.3 Å². The van der Waals surface area contributed by atoms with E-state index in [1.807, 2.05) is 13.8 Å². The number of nitrogens with two attached hydrogens (primary N) is 1. The Labute approximate surface area is 67.9 Å². The molecule has 0 radical (unpaired) electrons. The van der Waals surface area contributed by atoms with E-state index in [1.54, 1.807) is 0 Å². The predicted molar refractivity (Wildman–Crippen MR) is 44.1 cm³/mol. The maximum absolute atomic E-state index is 11.2. The molecule has 3 heteroatoms. The summed E-state index contributed by atoms with van der Waals surface area (Å²) in [4.78, 5) is 11.2. The Morgan fingerprint density at radius 1 is 1.64 bits per heavy atom. The molecule has 0 heterocycles. The van der Waals surface area contributed by atoms with Crippen LogP contribution in [0.25, 0.3) is 0 Å². The maximum atomic E-state index is 11.2. The molecule has 1 atom stereocenters. The van der Waals surface area contributed by atoms with Gasteiger partial charge in [0.2, 0.25) is 0 Å². The Morgan fingerprint density at radius 2 is 2.18 bits per heavy atom. The highest BCUT2D eigenvalue weighted by Gasteiger charge is 2.31. The van der Waals surface area contributed by atoms with Crippen LogP contribution in [-0.4, -0.2) is 19.6 Å². The number of carbonyl (C=O) groups excluding carboxylic acids is 1. The van der Waals surface area contributed by atoms with Crippen LogP contribution in [0.4, 0.5) is 0 Å². The van der Waals surface area contributed by atoms with Crippen LogP contribution in [0.15, 0.2) is 0 Å². The van der Waals surface area contributed by atoms with E-state index in [4.69, 9.17) is 5.73 Å². The molecule has 0 aromatic heterocycles. The van der Waals surface area contributed by atoms with Gasteiger partial charge in [-0.15, -0.1) is 0 Å². The van der Waals surface area contributed by atoms with E-state index in [9.17, 15) is 4.79 Å². The summed E-state index contributed by atoms with van der Waals surface area (Å²) in [7, 11) is 1.39. The van der Waals surface area contributed by atoms with Crippen LogP contribution in [0.2, 0.25) is 0 Å². The molecule has 66 valence electrons. The summed E-state index contributed by atoms with van der Waals surface area (Å²) < 4.78 is 4.64. The van der Waals surface area contributed by atoms with E-state index >= 15 is 0 Å². The van der Waals surface area contributed by atoms with Crippen LogP contribution >= 0.6 is 0 Å². The molecule has 11 heavy (non-hydrogen) atoms. The lowest BCUT2D eigenvalue weighted by molar-refractivity contribution is -0.151. The highest BCUT2D eigenvalue weighted by atomic mass is 16.5. The Bertz CT molecular complexity index is 136. The predicted octanol–water partition coefficient (Wildman–Crippen LogP) is 0.924. The second-order valence-electron chi connectivity index (χ2n) is 3.01. The molecule has 0 saturated carbocycles. The zero-order chi connectivity index (χ0) is 8.91. The van der Waals surface area contributed by atoms with Gasteiger partial charge in [-0.05, 0) is 13.3 Å². The van der Waals surface area contributed by atoms with Gasteiger partial charge in [0.25, 0.3) is 0 Å². The first-order valence-corrected chi connectivity index (χ1v) is 3.89. The zero-order valence-corrected chi connectivity index (χ0v) is 7.52. The molecule has 0 aliphatic carbocycles. The van der Waals surface area contributed by atoms with Crippen molar-refractivity contribution in [1.82, 2.24) is 0 Å². The number of methoxy groups -OCH3 is 1. The van der Waals surface area contributed by atoms with Crippen LogP contribution in [0.3, 0.4) is 0 Å². The molecule has 3 nitrogen and oxygen atoms in total. The van der Waals surface area contributed by atoms with Crippen molar-refractivity contribution in [2.45, 2.75) is 26.7 Å². The SMILES string of the molecule is CCCC(C)(CN)C(=O)OC. The first kappa shape index (κ1) is 10.4. The smallest absolute Gasteiger partial charge is 0.312 e. The first-order valence-electron chi connectivity index (χ1n) is 3.89. The highest BCUT2D eigenvalue weighted by Crippen LogP contribution is 2.22. The van der Waals surface area contributed by atoms with Gasteiger partial charge < -0.3 is 10.5 Å². The van der Waals surface area contributed by atoms with E-state index in [1.165, 1.54) is 7.11 Å². The lowest BCUT2D eigenvalue weighted by atomic mass is 9.86. The fourth-order valence-electron chi connectivity index (χ4n) is 1.09. The molecule has 0 amide bonds. The average Bonchev–Trinajstić information content (AvgIpc) is 2.03. The van der Waals surface area contributed by atoms with Crippen molar-refractivity contribution in [1.29, 1.82) is 0 Å². The Morgan fingerprint density at radius 3 is 2.45 bits per heavy atom. The molecule has 0 bridgehead atoms. The summed E-state index contributed by atoms with van der Waals surface area (Å²) in [5.41, 5.74) is 4.99. The largest absolute Gasteiger partial charge is 0.469 e. The Hall–Kier alpha value is -0.570. The summed E-state index contributed by atoms with van der Waals surface area (Å²) >= 11 is 0. The number of carbonyl (C=O) groups is 1. The fourth-order valence-corrected chi connectivity index (χ4v) is 1.09. The van der Waals surface area contributed by atoms with Gasteiger partial charge in [0.05, 0.1) is 12.5 Å². The number of hydrogen-bond acceptors (Lipinski definition) is 3. The molecule has 0 saturated heterocycles. The molecule has 0 spiro atoms. The molecule has 0 rings (SSSR count). The van der Waals surface area contributed by atoms with E-state index in [-0.39, 0.29) is 5.97 Å². The van der Waals surface area contributed by atoms with E-state index in [0.29, 0.717) is 6.54 Å². The summed E-state index contributed by atoms with van der Waals surface area (Å²) in [6.07, 6.45) is 1.74. The number of ether oxygens (including phenoxy) is 1. The van der Waals surface area contributed by atoms with Gasteiger partial charge in [-0.3, -0.25) is 4.79 Å². The third-order valence-electron chi connectivity index (χ3n) is 1.93. The molecule has 0 aliphatic rings. The minimum absolute atomic E-state index is 0.207. The third-order valence-corrected chi connectivity index (χ3v) is 1.93. The summed E-state index contributed by atoms with van der Waals surface area (Å²) in [6, 6.07) is 0. The van der Waals surface area contributed by atoms with Gasteiger partial charge in [-0.2, -0.15) is 0 Å². The Balaban J connectivity index is 4.19. The van der Waals surface area contributed by atoms with Crippen molar-refractivity contribution in [3.05, 3.63) is 0 Å². The van der Waals surface area contributed by atoms with Crippen LogP contribution in [0.5, 0.6) is 0 Å². The summed E-state index contributed by atoms with van der Waals surface area (Å²) in [5, 5.41) is 0. The quantitative estimate of drug-likeness (QED) is 0.621. The third kappa shape index (κ3) is 2.50. The van der Waals surface area contributed by atoms with Crippen molar-refractivity contribution in [3.63, 3.8) is 0 Å². The topological polar surface area (TPSA) is 52.3 Å². The molecule has 0 fully saturated rings. The summed E-state index contributed by atoms with van der Waals surface area (Å²) in [5.74, 6) is -0.207. The van der Waals surface area contributed by atoms with Gasteiger partial charge in [0.1, 0.15) is 0 Å². The van der Waals surface area contributed by atoms with Gasteiger partial charge in [0, 0.05) is 6.54 Å². The van der Waals surface area contributed by atoms with E-state index < -0.39 is 5.41 Å². The molecule has 0 aromatic rings. The van der Waals surface area contributed by atoms with Gasteiger partial charge in [-0.25, -0.2) is 0 Å². The van der Waals surface area contributed by atoms with Crippen molar-refractivity contribution in [3.8, 4) is 0 Å². The normalized spacial score (nSPS) is 15.6. The van der Waals surface area contributed by atoms with Crippen LogP contribution in [-0.2, 0) is 9.53 Å². The standard InChI is InChI=1S/C8H17NO2/c1-4-5-8(2,6-9)7(10)11-3/h4-6,9H2,1-3H3. The average molecular weight is 159 g/mol. The summed E-state index contributed by atoms with van der Waals surface area (Å²) in [6.45, 7) is 4.21. The van der Waals surface area contributed by atoms with Crippen molar-refractivity contribution >= 4 is 5.97 Å². The second kappa shape index (κ2) is 4.34. The molecule has 0 aromatic carbocycles. The number of esters is 1. The minimum Gasteiger partial charge on any atom is -0.469 e. The number of rotatable bonds is 4. The lowest BCUT2D eigenvalue weighted by Crippen LogP contribution is -2.36. The van der Waals surface area contributed by atoms with Gasteiger partial charge >= 0.3 is 5.97 Å². The van der Waals surface area contributed by atoms with E-state index in [2.05, 4.69) is 4.74 Å². The van der Waals surface area contributed by atoms with Crippen molar-refractivity contribution < 1.29 is 9.53 Å². The van der Waals surface area contributed by atoms with Gasteiger partial charge in [0.15, 0.2) is 0 Å². The van der Waals surface area contributed by atoms with E-state index in [0.717, 1.165) is 12.8 Å². The highest BCUT2D eigenvalue weighted by molar-refractivity contribution is 5.76.